The van der Waals surface area contributed by atoms with E-state index in [1.807, 2.05) is 58.0 Å². The maximum Gasteiger partial charge on any atom is 0.351 e. The molecule has 0 radical (unpaired) electrons. The lowest BCUT2D eigenvalue weighted by atomic mass is 9.66. The Labute approximate surface area is 294 Å². The van der Waals surface area contributed by atoms with Gasteiger partial charge in [-0.15, -0.1) is 0 Å². The van der Waals surface area contributed by atoms with E-state index in [4.69, 9.17) is 28.1 Å². The molecule has 11 nitrogen and oxygen atoms in total. The second kappa shape index (κ2) is 10.0. The molecule has 51 heavy (non-hydrogen) atoms. The molecule has 4 heterocycles. The zero-order chi connectivity index (χ0) is 36.7. The highest BCUT2D eigenvalue weighted by Gasteiger charge is 2.78. The van der Waals surface area contributed by atoms with Crippen molar-refractivity contribution >= 4 is 34.8 Å². The zero-order valence-corrected chi connectivity index (χ0v) is 30.1. The number of fused-ring (bicyclic) bond motifs is 7. The number of rotatable bonds is 5. The van der Waals surface area contributed by atoms with Crippen LogP contribution in [-0.2, 0) is 38.1 Å². The third-order valence-electron chi connectivity index (χ3n) is 13.9. The second-order valence-electron chi connectivity index (χ2n) is 16.9. The molecule has 5 aliphatic rings. The largest absolute Gasteiger partial charge is 0.483 e. The number of carbonyl (C=O) groups excluding carboxylic acids is 4. The van der Waals surface area contributed by atoms with Gasteiger partial charge in [0.2, 0.25) is 11.2 Å². The fraction of sp³-hybridized carbons (Fsp3) is 0.525. The molecular weight excluding hydrogens is 656 g/mol. The molecule has 0 N–H and O–H groups in total. The summed E-state index contributed by atoms with van der Waals surface area (Å²) in [7, 11) is 0. The van der Waals surface area contributed by atoms with Crippen LogP contribution in [0.2, 0.25) is 0 Å². The van der Waals surface area contributed by atoms with Crippen LogP contribution in [0.4, 0.5) is 0 Å². The van der Waals surface area contributed by atoms with E-state index in [1.54, 1.807) is 39.8 Å². The summed E-state index contributed by atoms with van der Waals surface area (Å²) in [5.74, 6) is -2.31. The molecule has 2 saturated carbocycles. The minimum Gasteiger partial charge on any atom is -0.483 e. The summed E-state index contributed by atoms with van der Waals surface area (Å²) in [6.45, 7) is 14.3. The average Bonchev–Trinajstić information content (AvgIpc) is 3.53. The van der Waals surface area contributed by atoms with E-state index < -0.39 is 80.2 Å². The maximum atomic E-state index is 14.7. The topological polar surface area (TPSA) is 145 Å². The van der Waals surface area contributed by atoms with Crippen molar-refractivity contribution in [1.29, 1.82) is 0 Å². The molecule has 0 spiro atoms. The van der Waals surface area contributed by atoms with E-state index in [2.05, 4.69) is 0 Å². The van der Waals surface area contributed by atoms with Crippen molar-refractivity contribution in [2.24, 2.45) is 21.7 Å². The highest BCUT2D eigenvalue weighted by molar-refractivity contribution is 5.98. The van der Waals surface area contributed by atoms with Gasteiger partial charge in [-0.25, -0.2) is 14.4 Å². The monoisotopic (exact) mass is 698 g/mol. The van der Waals surface area contributed by atoms with E-state index in [-0.39, 0.29) is 29.7 Å². The fourth-order valence-electron chi connectivity index (χ4n) is 9.45. The van der Waals surface area contributed by atoms with Gasteiger partial charge in [-0.05, 0) is 76.6 Å². The molecule has 2 aliphatic carbocycles. The Balaban J connectivity index is 1.30. The Morgan fingerprint density at radius 3 is 1.75 bits per heavy atom. The molecule has 268 valence electrons. The third-order valence-corrected chi connectivity index (χ3v) is 13.9. The minimum atomic E-state index is -1.62. The highest BCUT2D eigenvalue weighted by atomic mass is 16.7. The normalized spacial score (nSPS) is 34.7. The summed E-state index contributed by atoms with van der Waals surface area (Å²) in [6, 6.07) is 14.2. The van der Waals surface area contributed by atoms with E-state index in [1.165, 1.54) is 6.07 Å². The molecule has 2 saturated heterocycles. The summed E-state index contributed by atoms with van der Waals surface area (Å²) in [5.41, 5.74) is -7.27. The summed E-state index contributed by atoms with van der Waals surface area (Å²) >= 11 is 0. The first-order chi connectivity index (χ1) is 23.8. The predicted octanol–water partition coefficient (Wildman–Crippen LogP) is 6.37. The van der Waals surface area contributed by atoms with Gasteiger partial charge in [-0.2, -0.15) is 0 Å². The average molecular weight is 699 g/mol. The van der Waals surface area contributed by atoms with Crippen LogP contribution in [0.1, 0.15) is 92.7 Å². The smallest absolute Gasteiger partial charge is 0.351 e. The van der Waals surface area contributed by atoms with Crippen LogP contribution in [0.15, 0.2) is 57.7 Å². The van der Waals surface area contributed by atoms with E-state index >= 15 is 0 Å². The first-order valence-electron chi connectivity index (χ1n) is 17.5. The van der Waals surface area contributed by atoms with Crippen molar-refractivity contribution in [3.05, 3.63) is 64.5 Å². The molecule has 0 amide bonds. The van der Waals surface area contributed by atoms with Crippen molar-refractivity contribution in [1.82, 2.24) is 0 Å². The molecular formula is C40H42O11. The van der Waals surface area contributed by atoms with Crippen molar-refractivity contribution in [2.75, 3.05) is 0 Å². The molecule has 4 fully saturated rings. The Morgan fingerprint density at radius 2 is 1.24 bits per heavy atom. The van der Waals surface area contributed by atoms with E-state index in [9.17, 15) is 24.0 Å². The van der Waals surface area contributed by atoms with Gasteiger partial charge >= 0.3 is 29.5 Å². The number of carbonyl (C=O) groups is 4. The van der Waals surface area contributed by atoms with Crippen molar-refractivity contribution in [3.63, 3.8) is 0 Å². The van der Waals surface area contributed by atoms with Gasteiger partial charge in [-0.3, -0.25) is 9.59 Å². The number of benzene rings is 2. The number of hydrogen-bond acceptors (Lipinski definition) is 11. The predicted molar refractivity (Wildman–Crippen MR) is 181 cm³/mol. The van der Waals surface area contributed by atoms with Crippen LogP contribution in [0, 0.1) is 21.7 Å². The van der Waals surface area contributed by atoms with Crippen molar-refractivity contribution < 1.29 is 47.3 Å². The van der Waals surface area contributed by atoms with Gasteiger partial charge in [-0.1, -0.05) is 58.0 Å². The van der Waals surface area contributed by atoms with Gasteiger partial charge in [0.25, 0.3) is 0 Å². The summed E-state index contributed by atoms with van der Waals surface area (Å²) in [4.78, 5) is 68.7. The quantitative estimate of drug-likeness (QED) is 0.167. The lowest BCUT2D eigenvalue weighted by Gasteiger charge is -2.45. The first-order valence-corrected chi connectivity index (χ1v) is 17.5. The molecule has 6 atom stereocenters. The Bertz CT molecular complexity index is 2130. The highest BCUT2D eigenvalue weighted by Crippen LogP contribution is 2.67. The van der Waals surface area contributed by atoms with Gasteiger partial charge in [0, 0.05) is 22.3 Å². The minimum absolute atomic E-state index is 0.0869. The Morgan fingerprint density at radius 1 is 0.686 bits per heavy atom. The molecule has 8 rings (SSSR count). The van der Waals surface area contributed by atoms with E-state index in [0.717, 1.165) is 5.56 Å². The van der Waals surface area contributed by atoms with Crippen LogP contribution in [-0.4, -0.2) is 46.8 Å². The maximum absolute atomic E-state index is 14.7. The van der Waals surface area contributed by atoms with Crippen molar-refractivity contribution in [2.45, 2.75) is 110 Å². The van der Waals surface area contributed by atoms with Crippen LogP contribution in [0.5, 0.6) is 5.75 Å². The van der Waals surface area contributed by atoms with Gasteiger partial charge in [0.15, 0.2) is 12.2 Å². The lowest BCUT2D eigenvalue weighted by molar-refractivity contribution is -0.217. The van der Waals surface area contributed by atoms with Gasteiger partial charge in [0.1, 0.15) is 16.9 Å². The Hall–Kier alpha value is -4.67. The SMILES string of the molecule is CC1(C)Oc2ccc3c(-c4ccccc4)cc(=O)oc3c2[C@@H](OC(=O)[C@@]23CC[C@](C)(C(=O)O2)C3(C)C)[C@H]1OC(=O)[C@@]12CC[C@](C)(C(=O)O1)C2(C)C. The number of ether oxygens (including phenoxy) is 5. The van der Waals surface area contributed by atoms with Crippen LogP contribution < -0.4 is 10.4 Å². The summed E-state index contributed by atoms with van der Waals surface area (Å²) in [6.07, 6.45) is -1.40. The molecule has 3 aliphatic heterocycles. The standard InChI is InChI=1S/C40H42O11/c1-34(2)29(48-33(45)40-19-17-38(8,31(43)51-40)36(40,5)6)28(47-32(44)39-18-16-37(7,30(42)50-39)35(39,3)4)26-24(49-34)15-14-22-23(20-25(41)46-27(22)26)21-12-10-9-11-13-21/h9-15,20,28-29H,16-19H2,1-8H3/t28-,29-,37-,38-,39-,40-/m1/s1. The molecule has 1 aromatic heterocycles. The van der Waals surface area contributed by atoms with Crippen LogP contribution in [0.25, 0.3) is 22.1 Å². The van der Waals surface area contributed by atoms with Crippen LogP contribution >= 0.6 is 0 Å². The number of hydrogen-bond donors (Lipinski definition) is 0. The first kappa shape index (κ1) is 33.5. The molecule has 0 unspecified atom stereocenters. The summed E-state index contributed by atoms with van der Waals surface area (Å²) in [5, 5.41) is 0.532. The Kier molecular flexibility index (Phi) is 6.57. The molecule has 4 bridgehead atoms. The second-order valence-corrected chi connectivity index (χ2v) is 16.9. The summed E-state index contributed by atoms with van der Waals surface area (Å²) < 4.78 is 37.0. The number of esters is 4. The van der Waals surface area contributed by atoms with Crippen molar-refractivity contribution in [3.8, 4) is 16.9 Å². The molecule has 11 heteroatoms. The lowest BCUT2D eigenvalue weighted by Crippen LogP contribution is -2.57. The third kappa shape index (κ3) is 3.92. The van der Waals surface area contributed by atoms with E-state index in [0.29, 0.717) is 23.8 Å². The van der Waals surface area contributed by atoms with Gasteiger partial charge < -0.3 is 28.1 Å². The van der Waals surface area contributed by atoms with Crippen LogP contribution in [0.3, 0.4) is 0 Å². The zero-order valence-electron chi connectivity index (χ0n) is 30.1. The molecule has 2 aromatic carbocycles. The fourth-order valence-corrected chi connectivity index (χ4v) is 9.45. The molecule has 3 aromatic rings. The van der Waals surface area contributed by atoms with Gasteiger partial charge in [0.05, 0.1) is 16.4 Å².